The Morgan fingerprint density at radius 1 is 1.00 bits per heavy atom. The van der Waals surface area contributed by atoms with E-state index in [2.05, 4.69) is 0 Å². The van der Waals surface area contributed by atoms with E-state index in [9.17, 15) is 14.4 Å². The van der Waals surface area contributed by atoms with Crippen molar-refractivity contribution in [2.45, 2.75) is 32.2 Å². The Hall–Kier alpha value is -3.52. The van der Waals surface area contributed by atoms with Crippen molar-refractivity contribution < 1.29 is 28.2 Å². The molecule has 9 heteroatoms. The highest BCUT2D eigenvalue weighted by molar-refractivity contribution is 6.33. The van der Waals surface area contributed by atoms with Crippen LogP contribution in [0.25, 0.3) is 11.0 Å². The molecule has 0 radical (unpaired) electrons. The second-order valence-corrected chi connectivity index (χ2v) is 8.69. The monoisotopic (exact) mass is 483 g/mol. The van der Waals surface area contributed by atoms with Crippen molar-refractivity contribution in [1.29, 1.82) is 0 Å². The minimum Gasteiger partial charge on any atom is -0.471 e. The Labute approximate surface area is 200 Å². The van der Waals surface area contributed by atoms with Gasteiger partial charge in [-0.3, -0.25) is 0 Å². The minimum atomic E-state index is -0.561. The third-order valence-electron chi connectivity index (χ3n) is 6.39. The molecule has 0 saturated carbocycles. The molecule has 1 aliphatic carbocycles. The van der Waals surface area contributed by atoms with Crippen LogP contribution in [-0.4, -0.2) is 32.9 Å². The number of esters is 2. The number of hydrogen-bond donors (Lipinski definition) is 0. The maximum Gasteiger partial charge on any atom is 0.339 e. The fourth-order valence-corrected chi connectivity index (χ4v) is 5.02. The Morgan fingerprint density at radius 3 is 2.47 bits per heavy atom. The molecule has 1 aromatic heterocycles. The number of carbonyl (C=O) groups is 2. The molecular weight excluding hydrogens is 462 g/mol. The van der Waals surface area contributed by atoms with E-state index in [4.69, 9.17) is 30.2 Å². The second-order valence-electron chi connectivity index (χ2n) is 8.28. The summed E-state index contributed by atoms with van der Waals surface area (Å²) in [5, 5.41) is 1.24. The summed E-state index contributed by atoms with van der Waals surface area (Å²) in [6.45, 7) is 0.296. The number of hydrogen-bond acceptors (Lipinski definition) is 8. The number of benzene rings is 2. The fraction of sp³-hybridized carbons (Fsp3) is 0.320. The first-order chi connectivity index (χ1) is 16.4. The molecule has 5 rings (SSSR count). The van der Waals surface area contributed by atoms with E-state index in [-0.39, 0.29) is 30.0 Å². The fourth-order valence-electron chi connectivity index (χ4n) is 4.74. The Balaban J connectivity index is 1.66. The Bertz CT molecular complexity index is 1390. The van der Waals surface area contributed by atoms with Crippen LogP contribution in [0.15, 0.2) is 33.5 Å². The van der Waals surface area contributed by atoms with Gasteiger partial charge in [0, 0.05) is 10.9 Å². The summed E-state index contributed by atoms with van der Waals surface area (Å²) < 4.78 is 21.5. The third kappa shape index (κ3) is 3.58. The first-order valence-electron chi connectivity index (χ1n) is 10.9. The van der Waals surface area contributed by atoms with Gasteiger partial charge in [0.1, 0.15) is 11.3 Å². The molecule has 0 bridgehead atoms. The van der Waals surface area contributed by atoms with E-state index in [0.29, 0.717) is 39.6 Å². The first kappa shape index (κ1) is 22.3. The zero-order chi connectivity index (χ0) is 24.0. The summed E-state index contributed by atoms with van der Waals surface area (Å²) in [5.74, 6) is -0.663. The summed E-state index contributed by atoms with van der Waals surface area (Å²) in [4.78, 5) is 39.1. The number of ether oxygens (including phenoxy) is 3. The van der Waals surface area contributed by atoms with Crippen LogP contribution in [-0.2, 0) is 28.9 Å². The number of carbonyl (C=O) groups excluding carboxylic acids is 2. The number of halogens is 1. The van der Waals surface area contributed by atoms with Crippen LogP contribution in [0.5, 0.6) is 5.75 Å². The number of methoxy groups -OCH3 is 2. The molecule has 0 amide bonds. The molecule has 0 unspecified atom stereocenters. The van der Waals surface area contributed by atoms with Crippen molar-refractivity contribution in [3.05, 3.63) is 67.5 Å². The molecule has 0 N–H and O–H groups in total. The molecule has 2 aromatic carbocycles. The molecule has 0 saturated heterocycles. The van der Waals surface area contributed by atoms with E-state index < -0.39 is 11.9 Å². The van der Waals surface area contributed by atoms with Crippen molar-refractivity contribution in [1.82, 2.24) is 0 Å². The molecule has 34 heavy (non-hydrogen) atoms. The lowest BCUT2D eigenvalue weighted by Crippen LogP contribution is -2.34. The van der Waals surface area contributed by atoms with Gasteiger partial charge in [-0.2, -0.15) is 0 Å². The van der Waals surface area contributed by atoms with Crippen LogP contribution in [0.1, 0.15) is 50.2 Å². The lowest BCUT2D eigenvalue weighted by atomic mass is 9.89. The van der Waals surface area contributed by atoms with Crippen LogP contribution in [0.2, 0.25) is 5.02 Å². The minimum absolute atomic E-state index is 0.0576. The average Bonchev–Trinajstić information content (AvgIpc) is 2.88. The zero-order valence-electron chi connectivity index (χ0n) is 18.7. The predicted octanol–water partition coefficient (Wildman–Crippen LogP) is 4.25. The van der Waals surface area contributed by atoms with Gasteiger partial charge in [0.05, 0.1) is 48.2 Å². The molecule has 0 atom stereocenters. The van der Waals surface area contributed by atoms with E-state index >= 15 is 0 Å². The molecule has 8 nitrogen and oxygen atoms in total. The van der Waals surface area contributed by atoms with Gasteiger partial charge in [-0.25, -0.2) is 14.4 Å². The predicted molar refractivity (Wildman–Crippen MR) is 125 cm³/mol. The van der Waals surface area contributed by atoms with Gasteiger partial charge < -0.3 is 23.5 Å². The summed E-state index contributed by atoms with van der Waals surface area (Å²) in [7, 11) is 2.57. The SMILES string of the molecule is COC(=O)c1ccc(C(=O)OC)c(N2COc3c(Cl)cc4c5c(c(=O)oc4c3C2)CCCC5)c1. The molecule has 0 fully saturated rings. The smallest absolute Gasteiger partial charge is 0.339 e. The Kier molecular flexibility index (Phi) is 5.69. The lowest BCUT2D eigenvalue weighted by Gasteiger charge is -2.33. The van der Waals surface area contributed by atoms with Crippen LogP contribution < -0.4 is 15.3 Å². The molecule has 2 aliphatic rings. The third-order valence-corrected chi connectivity index (χ3v) is 6.67. The van der Waals surface area contributed by atoms with E-state index in [1.165, 1.54) is 26.4 Å². The summed E-state index contributed by atoms with van der Waals surface area (Å²) >= 11 is 6.59. The van der Waals surface area contributed by atoms with Gasteiger partial charge in [0.25, 0.3) is 0 Å². The van der Waals surface area contributed by atoms with Crippen LogP contribution in [0.3, 0.4) is 0 Å². The van der Waals surface area contributed by atoms with Crippen molar-refractivity contribution in [3.8, 4) is 5.75 Å². The van der Waals surface area contributed by atoms with Gasteiger partial charge in [-0.15, -0.1) is 0 Å². The van der Waals surface area contributed by atoms with Gasteiger partial charge >= 0.3 is 17.6 Å². The molecule has 0 spiro atoms. The number of aryl methyl sites for hydroxylation is 1. The Morgan fingerprint density at radius 2 is 1.74 bits per heavy atom. The number of rotatable bonds is 3. The molecule has 1 aliphatic heterocycles. The number of anilines is 1. The van der Waals surface area contributed by atoms with Crippen molar-refractivity contribution in [2.24, 2.45) is 0 Å². The van der Waals surface area contributed by atoms with Crippen molar-refractivity contribution in [2.75, 3.05) is 25.9 Å². The highest BCUT2D eigenvalue weighted by atomic mass is 35.5. The maximum atomic E-state index is 12.8. The molecule has 2 heterocycles. The quantitative estimate of drug-likeness (QED) is 0.403. The first-order valence-corrected chi connectivity index (χ1v) is 11.3. The largest absolute Gasteiger partial charge is 0.471 e. The van der Waals surface area contributed by atoms with Gasteiger partial charge in [-0.1, -0.05) is 11.6 Å². The highest BCUT2D eigenvalue weighted by Gasteiger charge is 2.30. The lowest BCUT2D eigenvalue weighted by molar-refractivity contribution is 0.0587. The van der Waals surface area contributed by atoms with Crippen LogP contribution >= 0.6 is 11.6 Å². The van der Waals surface area contributed by atoms with Gasteiger partial charge in [-0.05, 0) is 55.5 Å². The van der Waals surface area contributed by atoms with Crippen LogP contribution in [0, 0.1) is 0 Å². The molecular formula is C25H22ClNO7. The van der Waals surface area contributed by atoms with Crippen molar-refractivity contribution >= 4 is 40.2 Å². The standard InChI is InChI=1S/C25H22ClNO7/c1-31-23(28)13-7-8-16(24(29)32-2)20(9-13)27-11-18-21-17(10-19(26)22(18)33-12-27)14-5-3-4-6-15(14)25(30)34-21/h7-10H,3-6,11-12H2,1-2H3. The molecule has 3 aromatic rings. The van der Waals surface area contributed by atoms with E-state index in [0.717, 1.165) is 30.2 Å². The zero-order valence-corrected chi connectivity index (χ0v) is 19.5. The summed E-state index contributed by atoms with van der Waals surface area (Å²) in [6.07, 6.45) is 3.41. The highest BCUT2D eigenvalue weighted by Crippen LogP contribution is 2.42. The van der Waals surface area contributed by atoms with E-state index in [1.54, 1.807) is 17.0 Å². The number of nitrogens with zero attached hydrogens (tertiary/aromatic N) is 1. The average molecular weight is 484 g/mol. The molecule has 176 valence electrons. The normalized spacial score (nSPS) is 14.7. The second kappa shape index (κ2) is 8.68. The summed E-state index contributed by atoms with van der Waals surface area (Å²) in [5.41, 5.74) is 3.34. The topological polar surface area (TPSA) is 95.3 Å². The number of fused-ring (bicyclic) bond motifs is 5. The van der Waals surface area contributed by atoms with Gasteiger partial charge in [0.2, 0.25) is 0 Å². The van der Waals surface area contributed by atoms with E-state index in [1.807, 2.05) is 0 Å². The summed E-state index contributed by atoms with van der Waals surface area (Å²) in [6, 6.07) is 6.36. The van der Waals surface area contributed by atoms with Gasteiger partial charge in [0.15, 0.2) is 6.73 Å². The maximum absolute atomic E-state index is 12.8. The van der Waals surface area contributed by atoms with Crippen LogP contribution in [0.4, 0.5) is 5.69 Å². The van der Waals surface area contributed by atoms with Crippen molar-refractivity contribution in [3.63, 3.8) is 0 Å².